The normalized spacial score (nSPS) is 17.6. The average molecular weight is 616 g/mol. The van der Waals surface area contributed by atoms with Crippen molar-refractivity contribution >= 4 is 16.3 Å². The third kappa shape index (κ3) is 4.04. The van der Waals surface area contributed by atoms with Crippen LogP contribution in [0.2, 0.25) is 0 Å². The fourth-order valence-electron chi connectivity index (χ4n) is 8.09. The van der Waals surface area contributed by atoms with Gasteiger partial charge in [0, 0.05) is 16.7 Å². The molecule has 0 saturated heterocycles. The lowest BCUT2D eigenvalue weighted by Gasteiger charge is -2.31. The molecule has 0 amide bonds. The summed E-state index contributed by atoms with van der Waals surface area (Å²) in [4.78, 5) is 15.4. The van der Waals surface area contributed by atoms with E-state index < -0.39 is 5.41 Å². The molecule has 1 unspecified atom stereocenters. The highest BCUT2D eigenvalue weighted by atomic mass is 15.0. The zero-order valence-electron chi connectivity index (χ0n) is 27.0. The first-order chi connectivity index (χ1) is 23.7. The molecule has 228 valence electrons. The molecular formula is C45H33N3. The Morgan fingerprint density at radius 2 is 1.12 bits per heavy atom. The first kappa shape index (κ1) is 28.3. The van der Waals surface area contributed by atoms with Gasteiger partial charge in [0.25, 0.3) is 0 Å². The van der Waals surface area contributed by atoms with E-state index in [9.17, 15) is 0 Å². The lowest BCUT2D eigenvalue weighted by Crippen LogP contribution is -2.26. The SMILES string of the molecule is C/C=C1\C(=C/CC)c2ccccc2C12c1ccccc1-c1ccc(-c3nc(-c4ccccc4)nc(-c4cccc5ccccc45)n3)cc12. The average Bonchev–Trinajstić information content (AvgIpc) is 3.61. The maximum absolute atomic E-state index is 5.22. The fraction of sp³-hybridized carbons (Fsp3) is 0.0889. The van der Waals surface area contributed by atoms with Crippen molar-refractivity contribution in [2.24, 2.45) is 0 Å². The van der Waals surface area contributed by atoms with E-state index in [0.717, 1.165) is 33.9 Å². The van der Waals surface area contributed by atoms with Crippen LogP contribution < -0.4 is 0 Å². The molecule has 2 aliphatic carbocycles. The van der Waals surface area contributed by atoms with Crippen molar-refractivity contribution in [1.29, 1.82) is 0 Å². The molecule has 1 heterocycles. The number of benzene rings is 6. The summed E-state index contributed by atoms with van der Waals surface area (Å²) >= 11 is 0. The molecule has 0 saturated carbocycles. The quantitative estimate of drug-likeness (QED) is 0.198. The lowest BCUT2D eigenvalue weighted by atomic mass is 9.70. The summed E-state index contributed by atoms with van der Waals surface area (Å²) < 4.78 is 0. The van der Waals surface area contributed by atoms with Crippen LogP contribution in [0.25, 0.3) is 61.6 Å². The van der Waals surface area contributed by atoms with Crippen LogP contribution in [0.5, 0.6) is 0 Å². The van der Waals surface area contributed by atoms with Gasteiger partial charge in [0.1, 0.15) is 0 Å². The van der Waals surface area contributed by atoms with Gasteiger partial charge in [-0.15, -0.1) is 0 Å². The van der Waals surface area contributed by atoms with E-state index in [1.807, 2.05) is 18.2 Å². The van der Waals surface area contributed by atoms with Crippen LogP contribution in [0.4, 0.5) is 0 Å². The van der Waals surface area contributed by atoms with E-state index in [1.165, 1.54) is 44.5 Å². The molecule has 1 aromatic heterocycles. The highest BCUT2D eigenvalue weighted by Gasteiger charge is 2.53. The number of rotatable bonds is 4. The van der Waals surface area contributed by atoms with Crippen molar-refractivity contribution in [2.75, 3.05) is 0 Å². The smallest absolute Gasteiger partial charge is 0.164 e. The summed E-state index contributed by atoms with van der Waals surface area (Å²) in [5.41, 5.74) is 12.9. The maximum atomic E-state index is 5.22. The highest BCUT2D eigenvalue weighted by Crippen LogP contribution is 2.64. The van der Waals surface area contributed by atoms with Gasteiger partial charge in [-0.25, -0.2) is 15.0 Å². The van der Waals surface area contributed by atoms with E-state index in [0.29, 0.717) is 17.5 Å². The van der Waals surface area contributed by atoms with Gasteiger partial charge in [-0.1, -0.05) is 153 Å². The van der Waals surface area contributed by atoms with E-state index >= 15 is 0 Å². The molecular weight excluding hydrogens is 583 g/mol. The van der Waals surface area contributed by atoms with Crippen LogP contribution in [-0.4, -0.2) is 15.0 Å². The predicted molar refractivity (Wildman–Crippen MR) is 197 cm³/mol. The fourth-order valence-corrected chi connectivity index (χ4v) is 8.09. The Labute approximate surface area is 281 Å². The van der Waals surface area contributed by atoms with Gasteiger partial charge >= 0.3 is 0 Å². The van der Waals surface area contributed by atoms with Gasteiger partial charge in [-0.2, -0.15) is 0 Å². The first-order valence-electron chi connectivity index (χ1n) is 16.7. The Bertz CT molecular complexity index is 2450. The number of aromatic nitrogens is 3. The van der Waals surface area contributed by atoms with Crippen molar-refractivity contribution in [3.63, 3.8) is 0 Å². The van der Waals surface area contributed by atoms with Crippen LogP contribution in [0.1, 0.15) is 42.5 Å². The van der Waals surface area contributed by atoms with Crippen molar-refractivity contribution in [2.45, 2.75) is 25.7 Å². The molecule has 3 nitrogen and oxygen atoms in total. The highest BCUT2D eigenvalue weighted by molar-refractivity contribution is 6.00. The standard InChI is InChI=1S/C45H33N3/c1-3-15-33-34-21-10-12-24-39(34)45(38(33)4-2)40-25-13-11-22-35(40)36-27-26-31(28-41(36)45)43-46-42(30-17-6-5-7-18-30)47-44(48-43)37-23-14-19-29-16-8-9-20-32(29)37/h4-28H,3H2,1-2H3/b33-15-,38-4+. The first-order valence-corrected chi connectivity index (χ1v) is 16.7. The van der Waals surface area contributed by atoms with Crippen LogP contribution >= 0.6 is 0 Å². The van der Waals surface area contributed by atoms with Crippen molar-refractivity contribution in [3.05, 3.63) is 180 Å². The van der Waals surface area contributed by atoms with Gasteiger partial charge in [0.2, 0.25) is 0 Å². The largest absolute Gasteiger partial charge is 0.208 e. The summed E-state index contributed by atoms with van der Waals surface area (Å²) in [6, 6.07) is 49.7. The second-order valence-electron chi connectivity index (χ2n) is 12.5. The second-order valence-corrected chi connectivity index (χ2v) is 12.5. The second kappa shape index (κ2) is 11.1. The maximum Gasteiger partial charge on any atom is 0.164 e. The van der Waals surface area contributed by atoms with Crippen LogP contribution in [0.3, 0.4) is 0 Å². The molecule has 0 fully saturated rings. The Balaban J connectivity index is 1.32. The predicted octanol–water partition coefficient (Wildman–Crippen LogP) is 11.1. The molecule has 3 heteroatoms. The van der Waals surface area contributed by atoms with E-state index in [-0.39, 0.29) is 0 Å². The zero-order valence-corrected chi connectivity index (χ0v) is 27.0. The van der Waals surface area contributed by atoms with Crippen molar-refractivity contribution in [3.8, 4) is 45.3 Å². The Kier molecular flexibility index (Phi) is 6.55. The molecule has 7 aromatic rings. The van der Waals surface area contributed by atoms with Crippen molar-refractivity contribution < 1.29 is 0 Å². The molecule has 2 aliphatic rings. The minimum atomic E-state index is -0.429. The number of fused-ring (bicyclic) bond motifs is 8. The third-order valence-electron chi connectivity index (χ3n) is 10.0. The van der Waals surface area contributed by atoms with Crippen LogP contribution in [0.15, 0.2) is 157 Å². The molecule has 0 radical (unpaired) electrons. The summed E-state index contributed by atoms with van der Waals surface area (Å²) in [5.74, 6) is 2.00. The summed E-state index contributed by atoms with van der Waals surface area (Å²) in [5, 5.41) is 2.28. The van der Waals surface area contributed by atoms with Gasteiger partial charge in [-0.3, -0.25) is 0 Å². The van der Waals surface area contributed by atoms with E-state index in [2.05, 4.69) is 147 Å². The molecule has 0 N–H and O–H groups in total. The summed E-state index contributed by atoms with van der Waals surface area (Å²) in [6.07, 6.45) is 5.69. The lowest BCUT2D eigenvalue weighted by molar-refractivity contribution is 0.792. The number of allylic oxidation sites excluding steroid dienone is 4. The Hall–Kier alpha value is -5.93. The van der Waals surface area contributed by atoms with Crippen LogP contribution in [-0.2, 0) is 5.41 Å². The summed E-state index contributed by atoms with van der Waals surface area (Å²) in [6.45, 7) is 4.41. The van der Waals surface area contributed by atoms with E-state index in [1.54, 1.807) is 0 Å². The zero-order chi connectivity index (χ0) is 32.2. The van der Waals surface area contributed by atoms with Crippen LogP contribution in [0, 0.1) is 0 Å². The minimum Gasteiger partial charge on any atom is -0.208 e. The molecule has 1 atom stereocenters. The molecule has 6 aromatic carbocycles. The summed E-state index contributed by atoms with van der Waals surface area (Å²) in [7, 11) is 0. The molecule has 0 bridgehead atoms. The number of hydrogen-bond donors (Lipinski definition) is 0. The van der Waals surface area contributed by atoms with Gasteiger partial charge in [0.05, 0.1) is 5.41 Å². The number of nitrogens with zero attached hydrogens (tertiary/aromatic N) is 3. The van der Waals surface area contributed by atoms with Crippen molar-refractivity contribution in [1.82, 2.24) is 15.0 Å². The minimum absolute atomic E-state index is 0.429. The molecule has 48 heavy (non-hydrogen) atoms. The third-order valence-corrected chi connectivity index (χ3v) is 10.0. The monoisotopic (exact) mass is 615 g/mol. The molecule has 0 aliphatic heterocycles. The Morgan fingerprint density at radius 1 is 0.521 bits per heavy atom. The molecule has 9 rings (SSSR count). The van der Waals surface area contributed by atoms with Gasteiger partial charge in [-0.05, 0) is 74.7 Å². The number of hydrogen-bond acceptors (Lipinski definition) is 3. The van der Waals surface area contributed by atoms with E-state index in [4.69, 9.17) is 15.0 Å². The molecule has 1 spiro atoms. The Morgan fingerprint density at radius 3 is 1.92 bits per heavy atom. The van der Waals surface area contributed by atoms with Gasteiger partial charge in [0.15, 0.2) is 17.5 Å². The topological polar surface area (TPSA) is 38.7 Å². The van der Waals surface area contributed by atoms with Gasteiger partial charge < -0.3 is 0 Å².